The van der Waals surface area contributed by atoms with Crippen LogP contribution in [-0.2, 0) is 10.9 Å². The van der Waals surface area contributed by atoms with Crippen LogP contribution >= 0.6 is 15.9 Å². The van der Waals surface area contributed by atoms with Crippen LogP contribution in [0, 0.1) is 0 Å². The molecule has 8 heteroatoms. The molecule has 2 aromatic rings. The number of anilines is 2. The highest BCUT2D eigenvalue weighted by molar-refractivity contribution is 9.10. The zero-order chi connectivity index (χ0) is 19.3. The average molecular weight is 430 g/mol. The van der Waals surface area contributed by atoms with Gasteiger partial charge in [-0.25, -0.2) is 9.69 Å². The van der Waals surface area contributed by atoms with E-state index in [1.165, 1.54) is 11.0 Å². The van der Waals surface area contributed by atoms with E-state index in [1.54, 1.807) is 39.0 Å². The monoisotopic (exact) mass is 429 g/mol. The maximum Gasteiger partial charge on any atom is 0.419 e. The zero-order valence-electron chi connectivity index (χ0n) is 14.1. The molecule has 0 fully saturated rings. The van der Waals surface area contributed by atoms with Crippen molar-refractivity contribution in [1.29, 1.82) is 0 Å². The summed E-state index contributed by atoms with van der Waals surface area (Å²) in [6.07, 6.45) is -5.23. The third-order valence-corrected chi connectivity index (χ3v) is 3.98. The first kappa shape index (κ1) is 18.6. The predicted octanol–water partition coefficient (Wildman–Crippen LogP) is 6.65. The molecule has 0 radical (unpaired) electrons. The summed E-state index contributed by atoms with van der Waals surface area (Å²) in [5.41, 5.74) is -1.08. The second-order valence-electron chi connectivity index (χ2n) is 6.71. The molecular formula is C18H15BrF3NO3. The Morgan fingerprint density at radius 1 is 1.04 bits per heavy atom. The van der Waals surface area contributed by atoms with E-state index in [1.807, 2.05) is 0 Å². The van der Waals surface area contributed by atoms with Gasteiger partial charge in [0.25, 0.3) is 0 Å². The summed E-state index contributed by atoms with van der Waals surface area (Å²) in [6, 6.07) is 7.86. The maximum absolute atomic E-state index is 13.0. The van der Waals surface area contributed by atoms with Gasteiger partial charge in [0.15, 0.2) is 11.5 Å². The molecule has 0 atom stereocenters. The van der Waals surface area contributed by atoms with E-state index in [2.05, 4.69) is 15.9 Å². The van der Waals surface area contributed by atoms with Crippen LogP contribution in [0.5, 0.6) is 11.5 Å². The highest BCUT2D eigenvalue weighted by Gasteiger charge is 2.36. The molecule has 0 saturated heterocycles. The first-order valence-corrected chi connectivity index (χ1v) is 8.47. The van der Waals surface area contributed by atoms with Crippen molar-refractivity contribution in [2.24, 2.45) is 0 Å². The van der Waals surface area contributed by atoms with Crippen molar-refractivity contribution in [1.82, 2.24) is 0 Å². The maximum atomic E-state index is 13.0. The average Bonchev–Trinajstić information content (AvgIpc) is 2.49. The largest absolute Gasteiger partial charge is 0.453 e. The summed E-state index contributed by atoms with van der Waals surface area (Å²) >= 11 is 3.32. The Morgan fingerprint density at radius 3 is 2.35 bits per heavy atom. The number of benzene rings is 2. The van der Waals surface area contributed by atoms with Gasteiger partial charge in [-0.3, -0.25) is 0 Å². The minimum atomic E-state index is -4.52. The fraction of sp³-hybridized carbons (Fsp3) is 0.278. The van der Waals surface area contributed by atoms with Crippen LogP contribution in [-0.4, -0.2) is 11.7 Å². The van der Waals surface area contributed by atoms with Gasteiger partial charge in [0.1, 0.15) is 5.60 Å². The van der Waals surface area contributed by atoms with Crippen molar-refractivity contribution < 1.29 is 27.4 Å². The second-order valence-corrected chi connectivity index (χ2v) is 7.63. The van der Waals surface area contributed by atoms with Gasteiger partial charge >= 0.3 is 12.3 Å². The fourth-order valence-electron chi connectivity index (χ4n) is 2.46. The van der Waals surface area contributed by atoms with Gasteiger partial charge in [-0.15, -0.1) is 0 Å². The van der Waals surface area contributed by atoms with E-state index in [4.69, 9.17) is 9.47 Å². The summed E-state index contributed by atoms with van der Waals surface area (Å²) in [7, 11) is 0. The molecule has 2 aromatic carbocycles. The molecule has 0 unspecified atom stereocenters. The number of hydrogen-bond donors (Lipinski definition) is 0. The van der Waals surface area contributed by atoms with Crippen LogP contribution in [0.3, 0.4) is 0 Å². The Morgan fingerprint density at radius 2 is 1.73 bits per heavy atom. The smallest absolute Gasteiger partial charge is 0.419 e. The van der Waals surface area contributed by atoms with E-state index >= 15 is 0 Å². The molecule has 0 bridgehead atoms. The van der Waals surface area contributed by atoms with Crippen LogP contribution in [0.25, 0.3) is 0 Å². The van der Waals surface area contributed by atoms with Crippen molar-refractivity contribution in [3.63, 3.8) is 0 Å². The summed E-state index contributed by atoms with van der Waals surface area (Å²) < 4.78 is 50.8. The Hall–Kier alpha value is -2.22. The van der Waals surface area contributed by atoms with Crippen molar-refractivity contribution in [3.05, 3.63) is 46.4 Å². The molecule has 0 aromatic heterocycles. The third kappa shape index (κ3) is 3.65. The third-order valence-electron chi connectivity index (χ3n) is 3.49. The standard InChI is InChI=1S/C18H15BrF3NO3/c1-17(2,3)26-16(24)23-12-6-4-10(18(20,21)22)8-15(12)25-14-7-5-11(19)9-13(14)23/h4-9H,1-3H3. The van der Waals surface area contributed by atoms with Gasteiger partial charge in [0, 0.05) is 4.47 Å². The molecule has 4 nitrogen and oxygen atoms in total. The number of alkyl halides is 3. The summed E-state index contributed by atoms with van der Waals surface area (Å²) in [5, 5.41) is 0. The predicted molar refractivity (Wildman–Crippen MR) is 94.0 cm³/mol. The number of hydrogen-bond acceptors (Lipinski definition) is 3. The molecule has 0 aliphatic carbocycles. The van der Waals surface area contributed by atoms with Gasteiger partial charge in [-0.1, -0.05) is 15.9 Å². The lowest BCUT2D eigenvalue weighted by Gasteiger charge is -2.33. The molecule has 26 heavy (non-hydrogen) atoms. The lowest BCUT2D eigenvalue weighted by Crippen LogP contribution is -2.35. The number of halogens is 4. The number of carbonyl (C=O) groups excluding carboxylic acids is 1. The number of rotatable bonds is 0. The molecular weight excluding hydrogens is 415 g/mol. The summed E-state index contributed by atoms with van der Waals surface area (Å²) in [4.78, 5) is 14.0. The Bertz CT molecular complexity index is 875. The molecule has 0 spiro atoms. The Labute approximate surface area is 156 Å². The van der Waals surface area contributed by atoms with Crippen molar-refractivity contribution in [2.45, 2.75) is 32.5 Å². The van der Waals surface area contributed by atoms with Crippen molar-refractivity contribution in [3.8, 4) is 11.5 Å². The molecule has 1 amide bonds. The van der Waals surface area contributed by atoms with E-state index in [-0.39, 0.29) is 17.2 Å². The van der Waals surface area contributed by atoms with Crippen LogP contribution in [0.15, 0.2) is 40.9 Å². The first-order chi connectivity index (χ1) is 12.0. The Balaban J connectivity index is 2.14. The fourth-order valence-corrected chi connectivity index (χ4v) is 2.81. The lowest BCUT2D eigenvalue weighted by molar-refractivity contribution is -0.137. The van der Waals surface area contributed by atoms with Crippen LogP contribution in [0.2, 0.25) is 0 Å². The second kappa shape index (κ2) is 6.19. The normalized spacial score (nSPS) is 13.6. The van der Waals surface area contributed by atoms with Crippen LogP contribution in [0.4, 0.5) is 29.3 Å². The molecule has 3 rings (SSSR count). The minimum absolute atomic E-state index is 0.0690. The summed E-state index contributed by atoms with van der Waals surface area (Å²) in [5.74, 6) is 0.186. The van der Waals surface area contributed by atoms with Crippen LogP contribution in [0.1, 0.15) is 26.3 Å². The first-order valence-electron chi connectivity index (χ1n) is 7.67. The Kier molecular flexibility index (Phi) is 4.42. The molecule has 1 aliphatic rings. The van der Waals surface area contributed by atoms with Gasteiger partial charge in [-0.2, -0.15) is 13.2 Å². The lowest BCUT2D eigenvalue weighted by atomic mass is 10.1. The molecule has 138 valence electrons. The molecule has 1 aliphatic heterocycles. The van der Waals surface area contributed by atoms with Gasteiger partial charge in [0.2, 0.25) is 0 Å². The van der Waals surface area contributed by atoms with E-state index in [0.717, 1.165) is 12.1 Å². The van der Waals surface area contributed by atoms with E-state index in [0.29, 0.717) is 10.2 Å². The number of nitrogens with zero attached hydrogens (tertiary/aromatic N) is 1. The zero-order valence-corrected chi connectivity index (χ0v) is 15.7. The van der Waals surface area contributed by atoms with E-state index < -0.39 is 23.4 Å². The van der Waals surface area contributed by atoms with Gasteiger partial charge < -0.3 is 9.47 Å². The number of ether oxygens (including phenoxy) is 2. The SMILES string of the molecule is CC(C)(C)OC(=O)N1c2ccc(C(F)(F)F)cc2Oc2ccc(Br)cc21. The van der Waals surface area contributed by atoms with Crippen molar-refractivity contribution in [2.75, 3.05) is 4.90 Å². The van der Waals surface area contributed by atoms with Crippen molar-refractivity contribution >= 4 is 33.4 Å². The number of carbonyl (C=O) groups is 1. The number of amides is 1. The molecule has 0 N–H and O–H groups in total. The van der Waals surface area contributed by atoms with Gasteiger partial charge in [0.05, 0.1) is 16.9 Å². The molecule has 0 saturated carbocycles. The highest BCUT2D eigenvalue weighted by Crippen LogP contribution is 2.49. The molecule has 1 heterocycles. The van der Waals surface area contributed by atoms with Crippen LogP contribution < -0.4 is 9.64 Å². The topological polar surface area (TPSA) is 38.8 Å². The number of fused-ring (bicyclic) bond motifs is 2. The van der Waals surface area contributed by atoms with Gasteiger partial charge in [-0.05, 0) is 57.2 Å². The summed E-state index contributed by atoms with van der Waals surface area (Å²) in [6.45, 7) is 5.13. The highest BCUT2D eigenvalue weighted by atomic mass is 79.9. The minimum Gasteiger partial charge on any atom is -0.453 e. The van der Waals surface area contributed by atoms with E-state index in [9.17, 15) is 18.0 Å². The quantitative estimate of drug-likeness (QED) is 0.470.